The van der Waals surface area contributed by atoms with Crippen LogP contribution in [0.25, 0.3) is 0 Å². The summed E-state index contributed by atoms with van der Waals surface area (Å²) in [6.07, 6.45) is 3.49. The van der Waals surface area contributed by atoms with E-state index in [1.807, 2.05) is 0 Å². The van der Waals surface area contributed by atoms with Crippen LogP contribution in [0.3, 0.4) is 0 Å². The topological polar surface area (TPSA) is 69.6 Å². The van der Waals surface area contributed by atoms with Gasteiger partial charge in [-0.15, -0.1) is 11.3 Å². The smallest absolute Gasteiger partial charge is 1.00 e. The number of amides is 1. The average molecular weight is 341 g/mol. The number of anilines is 1. The molecule has 5 nitrogen and oxygen atoms in total. The van der Waals surface area contributed by atoms with Crippen LogP contribution in [0.5, 0.6) is 0 Å². The third kappa shape index (κ3) is 5.88. The summed E-state index contributed by atoms with van der Waals surface area (Å²) in [5, 5.41) is 13.5. The Morgan fingerprint density at radius 3 is 2.52 bits per heavy atom. The van der Waals surface area contributed by atoms with Crippen LogP contribution in [-0.4, -0.2) is 41.5 Å². The van der Waals surface area contributed by atoms with Gasteiger partial charge in [0.1, 0.15) is 4.88 Å². The van der Waals surface area contributed by atoms with Crippen molar-refractivity contribution in [3.8, 4) is 0 Å². The molecule has 1 aliphatic heterocycles. The van der Waals surface area contributed by atoms with Crippen molar-refractivity contribution < 1.29 is 56.7 Å². The zero-order chi connectivity index (χ0) is 13.8. The molecule has 0 aromatic carbocycles. The van der Waals surface area contributed by atoms with Crippen molar-refractivity contribution >= 4 is 28.9 Å². The number of nitrogens with one attached hydrogen (secondary N) is 1. The van der Waals surface area contributed by atoms with Gasteiger partial charge in [0.15, 0.2) is 0 Å². The second kappa shape index (κ2) is 9.82. The maximum absolute atomic E-state index is 12.0. The summed E-state index contributed by atoms with van der Waals surface area (Å²) < 4.78 is 0. The van der Waals surface area contributed by atoms with E-state index in [2.05, 4.69) is 10.2 Å². The molecule has 0 saturated carbocycles. The summed E-state index contributed by atoms with van der Waals surface area (Å²) in [4.78, 5) is 25.3. The summed E-state index contributed by atoms with van der Waals surface area (Å²) in [7, 11) is 0. The van der Waals surface area contributed by atoms with Gasteiger partial charge >= 0.3 is 35.5 Å². The maximum Gasteiger partial charge on any atom is 1.00 e. The van der Waals surface area contributed by atoms with E-state index in [9.17, 15) is 9.59 Å². The van der Waals surface area contributed by atoms with Gasteiger partial charge in [-0.05, 0) is 43.8 Å². The number of piperidine rings is 1. The predicted octanol–water partition coefficient (Wildman–Crippen LogP) is -3.81. The molecular weight excluding hydrogens is 323 g/mol. The number of carboxylic acids is 1. The number of aryl methyl sites for hydroxylation is 1. The van der Waals surface area contributed by atoms with Crippen molar-refractivity contribution in [2.75, 3.05) is 25.0 Å². The number of aromatic carboxylic acids is 1. The first-order valence-corrected chi connectivity index (χ1v) is 7.29. The normalized spacial score (nSPS) is 14.7. The Morgan fingerprint density at radius 1 is 1.33 bits per heavy atom. The van der Waals surface area contributed by atoms with E-state index < -0.39 is 5.97 Å². The van der Waals surface area contributed by atoms with Crippen molar-refractivity contribution in [3.05, 3.63) is 15.8 Å². The third-order valence-corrected chi connectivity index (χ3v) is 4.34. The molecule has 0 aliphatic carbocycles. The van der Waals surface area contributed by atoms with E-state index in [1.54, 1.807) is 12.3 Å². The van der Waals surface area contributed by atoms with Gasteiger partial charge in [0.25, 0.3) is 0 Å². The molecule has 2 rings (SSSR count). The van der Waals surface area contributed by atoms with Gasteiger partial charge in [0.2, 0.25) is 5.91 Å². The van der Waals surface area contributed by atoms with E-state index >= 15 is 0 Å². The fraction of sp³-hybridized carbons (Fsp3) is 0.538. The second-order valence-electron chi connectivity index (χ2n) is 4.81. The average Bonchev–Trinajstić information content (AvgIpc) is 2.72. The molecule has 1 aliphatic rings. The number of hydrogen-bond acceptors (Lipinski definition) is 4. The molecule has 0 bridgehead atoms. The molecule has 1 amide bonds. The third-order valence-electron chi connectivity index (χ3n) is 3.25. The molecule has 2 heterocycles. The molecule has 2 N–H and O–H groups in total. The second-order valence-corrected chi connectivity index (χ2v) is 5.69. The van der Waals surface area contributed by atoms with E-state index in [0.29, 0.717) is 12.2 Å². The summed E-state index contributed by atoms with van der Waals surface area (Å²) in [6, 6.07) is 0. The van der Waals surface area contributed by atoms with Gasteiger partial charge in [-0.25, -0.2) is 4.79 Å². The molecular formula is C13H18ClN2NaO3S. The molecule has 112 valence electrons. The van der Waals surface area contributed by atoms with Crippen LogP contribution in [0.15, 0.2) is 5.38 Å². The molecule has 8 heteroatoms. The first-order chi connectivity index (χ1) is 9.08. The van der Waals surface area contributed by atoms with Gasteiger partial charge < -0.3 is 22.8 Å². The number of thiophene rings is 1. The van der Waals surface area contributed by atoms with Gasteiger partial charge in [-0.1, -0.05) is 6.42 Å². The van der Waals surface area contributed by atoms with Crippen LogP contribution in [0.4, 0.5) is 5.69 Å². The maximum atomic E-state index is 12.0. The Hall–Kier alpha value is -0.110. The van der Waals surface area contributed by atoms with E-state index in [0.717, 1.165) is 42.8 Å². The first-order valence-electron chi connectivity index (χ1n) is 6.41. The number of halogens is 1. The number of hydrogen-bond donors (Lipinski definition) is 2. The van der Waals surface area contributed by atoms with Crippen molar-refractivity contribution in [3.63, 3.8) is 0 Å². The van der Waals surface area contributed by atoms with Gasteiger partial charge in [-0.2, -0.15) is 0 Å². The molecule has 21 heavy (non-hydrogen) atoms. The summed E-state index contributed by atoms with van der Waals surface area (Å²) in [5.41, 5.74) is 1.24. The molecule has 1 saturated heterocycles. The van der Waals surface area contributed by atoms with Crippen molar-refractivity contribution in [2.24, 2.45) is 0 Å². The quantitative estimate of drug-likeness (QED) is 0.551. The largest absolute Gasteiger partial charge is 1.00 e. The Morgan fingerprint density at radius 2 is 1.95 bits per heavy atom. The summed E-state index contributed by atoms with van der Waals surface area (Å²) in [5.74, 6) is -1.13. The zero-order valence-electron chi connectivity index (χ0n) is 12.3. The SMILES string of the molecule is Cc1csc(C(=O)O)c1NC(=O)CN1CCCCC1.[Cl-].[Na+]. The fourth-order valence-electron chi connectivity index (χ4n) is 2.26. The Balaban J connectivity index is 0.00000200. The zero-order valence-corrected chi connectivity index (χ0v) is 15.9. The van der Waals surface area contributed by atoms with Gasteiger partial charge in [0.05, 0.1) is 12.2 Å². The van der Waals surface area contributed by atoms with Crippen molar-refractivity contribution in [1.82, 2.24) is 4.90 Å². The number of nitrogens with zero attached hydrogens (tertiary/aromatic N) is 1. The van der Waals surface area contributed by atoms with E-state index in [4.69, 9.17) is 5.11 Å². The van der Waals surface area contributed by atoms with Crippen molar-refractivity contribution in [1.29, 1.82) is 0 Å². The predicted molar refractivity (Wildman–Crippen MR) is 74.9 cm³/mol. The summed E-state index contributed by atoms with van der Waals surface area (Å²) in [6.45, 7) is 4.04. The molecule has 0 spiro atoms. The Kier molecular flexibility index (Phi) is 9.76. The molecule has 1 aromatic heterocycles. The van der Waals surface area contributed by atoms with Gasteiger partial charge in [0, 0.05) is 0 Å². The minimum Gasteiger partial charge on any atom is -1.00 e. The van der Waals surface area contributed by atoms with Crippen LogP contribution in [0.2, 0.25) is 0 Å². The summed E-state index contributed by atoms with van der Waals surface area (Å²) >= 11 is 1.14. The van der Waals surface area contributed by atoms with Crippen LogP contribution >= 0.6 is 11.3 Å². The number of carbonyl (C=O) groups excluding carboxylic acids is 1. The first kappa shape index (κ1) is 20.9. The molecule has 0 unspecified atom stereocenters. The molecule has 1 aromatic rings. The van der Waals surface area contributed by atoms with E-state index in [-0.39, 0.29) is 52.7 Å². The number of likely N-dealkylation sites (tertiary alicyclic amines) is 1. The molecule has 0 atom stereocenters. The number of carboxylic acid groups (broad SMARTS) is 1. The minimum atomic E-state index is -0.994. The number of carbonyl (C=O) groups is 2. The van der Waals surface area contributed by atoms with Crippen LogP contribution in [-0.2, 0) is 4.79 Å². The van der Waals surface area contributed by atoms with Crippen LogP contribution < -0.4 is 47.3 Å². The van der Waals surface area contributed by atoms with Crippen LogP contribution in [0.1, 0.15) is 34.5 Å². The van der Waals surface area contributed by atoms with Gasteiger partial charge in [-0.3, -0.25) is 9.69 Å². The molecule has 0 radical (unpaired) electrons. The Labute approximate surface area is 156 Å². The minimum absolute atomic E-state index is 0. The Bertz CT molecular complexity index is 490. The van der Waals surface area contributed by atoms with Crippen LogP contribution in [0, 0.1) is 6.92 Å². The monoisotopic (exact) mass is 340 g/mol. The molecule has 1 fully saturated rings. The van der Waals surface area contributed by atoms with Crippen molar-refractivity contribution in [2.45, 2.75) is 26.2 Å². The standard InChI is InChI=1S/C13H18N2O3S.ClH.Na/c1-9-8-19-12(13(17)18)11(9)14-10(16)7-15-5-3-2-4-6-15;;/h8H,2-7H2,1H3,(H,14,16)(H,17,18);1H;/q;;+1/p-1. The fourth-order valence-corrected chi connectivity index (χ4v) is 3.10. The van der Waals surface area contributed by atoms with E-state index in [1.165, 1.54) is 6.42 Å². The number of rotatable bonds is 4.